The van der Waals surface area contributed by atoms with Gasteiger partial charge >= 0.3 is 0 Å². The van der Waals surface area contributed by atoms with Gasteiger partial charge in [0.15, 0.2) is 0 Å². The number of hydrogen-bond acceptors (Lipinski definition) is 6. The molecule has 160 valence electrons. The zero-order valence-electron chi connectivity index (χ0n) is 17.2. The summed E-state index contributed by atoms with van der Waals surface area (Å²) >= 11 is 0. The second-order valence-corrected chi connectivity index (χ2v) is 7.90. The van der Waals surface area contributed by atoms with Crippen LogP contribution in [-0.2, 0) is 16.1 Å². The summed E-state index contributed by atoms with van der Waals surface area (Å²) in [7, 11) is 0. The van der Waals surface area contributed by atoms with E-state index in [0.29, 0.717) is 25.4 Å². The highest BCUT2D eigenvalue weighted by Crippen LogP contribution is 2.34. The van der Waals surface area contributed by atoms with Gasteiger partial charge in [-0.1, -0.05) is 41.1 Å². The van der Waals surface area contributed by atoms with Gasteiger partial charge in [0.25, 0.3) is 5.91 Å². The topological polar surface area (TPSA) is 87.5 Å². The molecular weight excluding hydrogens is 396 g/mol. The molecule has 3 heterocycles. The number of fused-ring (bicyclic) bond motifs is 1. The van der Waals surface area contributed by atoms with Crippen LogP contribution in [0.15, 0.2) is 60.8 Å². The van der Waals surface area contributed by atoms with E-state index < -0.39 is 0 Å². The van der Waals surface area contributed by atoms with Crippen molar-refractivity contribution in [1.29, 1.82) is 0 Å². The minimum absolute atomic E-state index is 0.0933. The molecule has 4 atom stereocenters. The first-order chi connectivity index (χ1) is 15.2. The van der Waals surface area contributed by atoms with Gasteiger partial charge in [0.05, 0.1) is 25.5 Å². The summed E-state index contributed by atoms with van der Waals surface area (Å²) < 4.78 is 19.5. The summed E-state index contributed by atoms with van der Waals surface area (Å²) in [6, 6.07) is 16.8. The van der Waals surface area contributed by atoms with E-state index in [1.165, 1.54) is 0 Å². The normalized spacial score (nSPS) is 24.7. The van der Waals surface area contributed by atoms with E-state index >= 15 is 0 Å². The van der Waals surface area contributed by atoms with Crippen LogP contribution in [0.2, 0.25) is 0 Å². The number of hydrogen-bond donors (Lipinski definition) is 1. The number of benzene rings is 2. The Balaban J connectivity index is 1.20. The number of carbonyl (C=O) groups excluding carboxylic acids is 1. The number of nitrogens with one attached hydrogen (secondary N) is 1. The highest BCUT2D eigenvalue weighted by Gasteiger charge is 2.49. The van der Waals surface area contributed by atoms with E-state index in [4.69, 9.17) is 14.2 Å². The molecule has 2 saturated heterocycles. The number of para-hydroxylation sites is 1. The molecule has 0 aliphatic carbocycles. The van der Waals surface area contributed by atoms with Crippen molar-refractivity contribution in [3.05, 3.63) is 77.6 Å². The monoisotopic (exact) mass is 420 g/mol. The highest BCUT2D eigenvalue weighted by atomic mass is 16.6. The van der Waals surface area contributed by atoms with Gasteiger partial charge in [-0.25, -0.2) is 4.68 Å². The van der Waals surface area contributed by atoms with Crippen LogP contribution in [0, 0.1) is 6.92 Å². The van der Waals surface area contributed by atoms with Crippen LogP contribution in [-0.4, -0.2) is 52.4 Å². The third-order valence-electron chi connectivity index (χ3n) is 5.68. The number of rotatable bonds is 6. The smallest absolute Gasteiger partial charge is 0.251 e. The van der Waals surface area contributed by atoms with Crippen LogP contribution in [0.4, 0.5) is 0 Å². The molecule has 0 unspecified atom stereocenters. The van der Waals surface area contributed by atoms with Crippen molar-refractivity contribution in [3.63, 3.8) is 0 Å². The highest BCUT2D eigenvalue weighted by molar-refractivity contribution is 5.94. The number of carbonyl (C=O) groups is 1. The van der Waals surface area contributed by atoms with Gasteiger partial charge in [0, 0.05) is 5.56 Å². The minimum atomic E-state index is -0.215. The maximum Gasteiger partial charge on any atom is 0.251 e. The molecule has 8 heteroatoms. The Bertz CT molecular complexity index is 1040. The molecule has 8 nitrogen and oxygen atoms in total. The van der Waals surface area contributed by atoms with Gasteiger partial charge in [0.2, 0.25) is 0 Å². The van der Waals surface area contributed by atoms with E-state index in [1.54, 1.807) is 4.68 Å². The standard InChI is InChI=1S/C23H24N4O4/c1-15-7-9-16(10-8-15)23(28)24-19-13-30-22-20(14-31-21(19)22)27-11-17(25-26-27)12-29-18-5-3-2-4-6-18/h2-11,19-22H,12-14H2,1H3,(H,24,28)/t19-,20-,21+,22+/m0/s1. The molecule has 0 saturated carbocycles. The van der Waals surface area contributed by atoms with Crippen LogP contribution >= 0.6 is 0 Å². The SMILES string of the molecule is Cc1ccc(C(=O)N[C@H]2CO[C@H]3[C@@H]2OC[C@@H]3n2cc(COc3ccccc3)nn2)cc1. The Morgan fingerprint density at radius 1 is 1.10 bits per heavy atom. The van der Waals surface area contributed by atoms with E-state index in [2.05, 4.69) is 15.6 Å². The fourth-order valence-electron chi connectivity index (χ4n) is 4.00. The van der Waals surface area contributed by atoms with Crippen molar-refractivity contribution in [2.45, 2.75) is 37.8 Å². The molecule has 1 amide bonds. The van der Waals surface area contributed by atoms with Crippen LogP contribution in [0.3, 0.4) is 0 Å². The third-order valence-corrected chi connectivity index (χ3v) is 5.68. The molecule has 0 bridgehead atoms. The van der Waals surface area contributed by atoms with Crippen molar-refractivity contribution >= 4 is 5.91 Å². The number of aryl methyl sites for hydroxylation is 1. The average Bonchev–Trinajstić information content (AvgIpc) is 3.51. The lowest BCUT2D eigenvalue weighted by atomic mass is 10.1. The van der Waals surface area contributed by atoms with Crippen molar-refractivity contribution in [1.82, 2.24) is 20.3 Å². The summed E-state index contributed by atoms with van der Waals surface area (Å²) in [4.78, 5) is 12.6. The molecule has 0 spiro atoms. The summed E-state index contributed by atoms with van der Waals surface area (Å²) in [6.07, 6.45) is 1.46. The molecule has 2 aliphatic heterocycles. The molecule has 1 N–H and O–H groups in total. The predicted molar refractivity (Wildman–Crippen MR) is 112 cm³/mol. The Morgan fingerprint density at radius 3 is 2.68 bits per heavy atom. The summed E-state index contributed by atoms with van der Waals surface area (Å²) in [5, 5.41) is 11.5. The van der Waals surface area contributed by atoms with Gasteiger partial charge in [-0.2, -0.15) is 0 Å². The molecule has 2 aromatic carbocycles. The number of aromatic nitrogens is 3. The summed E-state index contributed by atoms with van der Waals surface area (Å²) in [5.41, 5.74) is 2.47. The number of ether oxygens (including phenoxy) is 3. The van der Waals surface area contributed by atoms with Crippen LogP contribution in [0.5, 0.6) is 5.75 Å². The lowest BCUT2D eigenvalue weighted by Crippen LogP contribution is -2.44. The van der Waals surface area contributed by atoms with Crippen LogP contribution in [0.25, 0.3) is 0 Å². The Kier molecular flexibility index (Phi) is 5.40. The quantitative estimate of drug-likeness (QED) is 0.659. The van der Waals surface area contributed by atoms with E-state index in [0.717, 1.165) is 17.0 Å². The lowest BCUT2D eigenvalue weighted by Gasteiger charge is -2.18. The van der Waals surface area contributed by atoms with Crippen molar-refractivity contribution in [3.8, 4) is 5.75 Å². The first-order valence-electron chi connectivity index (χ1n) is 10.4. The van der Waals surface area contributed by atoms with Crippen LogP contribution in [0.1, 0.15) is 27.7 Å². The second-order valence-electron chi connectivity index (χ2n) is 7.90. The van der Waals surface area contributed by atoms with Gasteiger partial charge in [-0.3, -0.25) is 4.79 Å². The molecule has 5 rings (SSSR count). The van der Waals surface area contributed by atoms with Gasteiger partial charge in [0.1, 0.15) is 36.3 Å². The minimum Gasteiger partial charge on any atom is -0.487 e. The fourth-order valence-corrected chi connectivity index (χ4v) is 4.00. The lowest BCUT2D eigenvalue weighted by molar-refractivity contribution is 0.0613. The first kappa shape index (κ1) is 19.7. The molecule has 1 aromatic heterocycles. The largest absolute Gasteiger partial charge is 0.487 e. The van der Waals surface area contributed by atoms with E-state index in [9.17, 15) is 4.79 Å². The second kappa shape index (κ2) is 8.49. The van der Waals surface area contributed by atoms with Crippen molar-refractivity contribution in [2.75, 3.05) is 13.2 Å². The zero-order valence-corrected chi connectivity index (χ0v) is 17.2. The first-order valence-corrected chi connectivity index (χ1v) is 10.4. The fraction of sp³-hybridized carbons (Fsp3) is 0.348. The molecular formula is C23H24N4O4. The van der Waals surface area contributed by atoms with Gasteiger partial charge in [-0.15, -0.1) is 5.10 Å². The summed E-state index contributed by atoms with van der Waals surface area (Å²) in [6.45, 7) is 3.19. The Hall–Kier alpha value is -3.23. The van der Waals surface area contributed by atoms with E-state index in [1.807, 2.05) is 67.7 Å². The summed E-state index contributed by atoms with van der Waals surface area (Å²) in [5.74, 6) is 0.662. The number of amides is 1. The van der Waals surface area contributed by atoms with Crippen LogP contribution < -0.4 is 10.1 Å². The molecule has 31 heavy (non-hydrogen) atoms. The zero-order chi connectivity index (χ0) is 21.2. The van der Waals surface area contributed by atoms with Gasteiger partial charge in [-0.05, 0) is 31.2 Å². The Morgan fingerprint density at radius 2 is 1.87 bits per heavy atom. The molecule has 3 aromatic rings. The average molecular weight is 420 g/mol. The molecule has 2 aliphatic rings. The third kappa shape index (κ3) is 4.17. The maximum atomic E-state index is 12.6. The number of nitrogens with zero attached hydrogens (tertiary/aromatic N) is 3. The maximum absolute atomic E-state index is 12.6. The molecule has 2 fully saturated rings. The Labute approximate surface area is 180 Å². The predicted octanol–water partition coefficient (Wildman–Crippen LogP) is 2.30. The van der Waals surface area contributed by atoms with E-state index in [-0.39, 0.29) is 30.2 Å². The van der Waals surface area contributed by atoms with Gasteiger partial charge < -0.3 is 19.5 Å². The van der Waals surface area contributed by atoms with Crippen molar-refractivity contribution < 1.29 is 19.0 Å². The van der Waals surface area contributed by atoms with Crippen molar-refractivity contribution in [2.24, 2.45) is 0 Å². The molecule has 0 radical (unpaired) electrons.